The Hall–Kier alpha value is -0.950. The van der Waals surface area contributed by atoms with Gasteiger partial charge in [0.25, 0.3) is 0 Å². The third-order valence-electron chi connectivity index (χ3n) is 1.97. The van der Waals surface area contributed by atoms with Gasteiger partial charge in [-0.1, -0.05) is 6.08 Å². The topological polar surface area (TPSA) is 107 Å². The minimum absolute atomic E-state index is 0.0357. The van der Waals surface area contributed by atoms with Gasteiger partial charge >= 0.3 is 0 Å². The molecule has 0 aromatic rings. The van der Waals surface area contributed by atoms with Gasteiger partial charge in [-0.15, -0.1) is 0 Å². The number of nitrogens with one attached hydrogen (secondary N) is 1. The molecule has 1 rings (SSSR count). The first-order valence-electron chi connectivity index (χ1n) is 3.65. The van der Waals surface area contributed by atoms with Crippen molar-refractivity contribution in [3.8, 4) is 0 Å². The lowest BCUT2D eigenvalue weighted by atomic mass is 10.00. The maximum atomic E-state index is 10.5. The van der Waals surface area contributed by atoms with Gasteiger partial charge in [0.1, 0.15) is 0 Å². The lowest BCUT2D eigenvalue weighted by molar-refractivity contribution is -0.522. The van der Waals surface area contributed by atoms with Crippen LogP contribution in [-0.2, 0) is 11.1 Å². The first kappa shape index (κ1) is 10.1. The van der Waals surface area contributed by atoms with Gasteiger partial charge in [0.15, 0.2) is 0 Å². The first-order chi connectivity index (χ1) is 6.02. The van der Waals surface area contributed by atoms with Crippen LogP contribution in [-0.4, -0.2) is 25.0 Å². The van der Waals surface area contributed by atoms with Crippen molar-refractivity contribution >= 4 is 11.1 Å². The molecule has 0 fully saturated rings. The van der Waals surface area contributed by atoms with E-state index in [-0.39, 0.29) is 18.5 Å². The van der Waals surface area contributed by atoms with Crippen molar-refractivity contribution < 1.29 is 13.7 Å². The van der Waals surface area contributed by atoms with Crippen LogP contribution in [0.5, 0.6) is 0 Å². The number of hydrogen-bond acceptors (Lipinski definition) is 4. The monoisotopic (exact) mass is 204 g/mol. The molecule has 0 amide bonds. The average Bonchev–Trinajstić information content (AvgIpc) is 2.04. The largest absolute Gasteiger partial charge is 0.772 e. The Morgan fingerprint density at radius 3 is 2.77 bits per heavy atom. The van der Waals surface area contributed by atoms with Gasteiger partial charge in [-0.3, -0.25) is 14.3 Å². The van der Waals surface area contributed by atoms with Gasteiger partial charge in [-0.2, -0.15) is 5.70 Å². The molecule has 6 nitrogen and oxygen atoms in total. The number of nitro groups is 1. The van der Waals surface area contributed by atoms with E-state index >= 15 is 0 Å². The summed E-state index contributed by atoms with van der Waals surface area (Å²) in [5.74, 6) is 0. The second-order valence-corrected chi connectivity index (χ2v) is 3.91. The molecule has 0 bridgehead atoms. The van der Waals surface area contributed by atoms with E-state index in [1.54, 1.807) is 0 Å². The molecule has 74 valence electrons. The summed E-state index contributed by atoms with van der Waals surface area (Å²) < 4.78 is 21.1. The molecule has 1 aliphatic carbocycles. The SMILES string of the molecule is [NH-]C1=CCC([N+](=O)[O-])CC1S(=O)[O-]. The minimum Gasteiger partial charge on any atom is -0.772 e. The van der Waals surface area contributed by atoms with E-state index < -0.39 is 27.3 Å². The summed E-state index contributed by atoms with van der Waals surface area (Å²) in [5.41, 5.74) is 7.20. The van der Waals surface area contributed by atoms with Gasteiger partial charge in [0.2, 0.25) is 6.04 Å². The fourth-order valence-electron chi connectivity index (χ4n) is 1.22. The predicted molar refractivity (Wildman–Crippen MR) is 45.1 cm³/mol. The van der Waals surface area contributed by atoms with Crippen LogP contribution in [0.15, 0.2) is 11.8 Å². The van der Waals surface area contributed by atoms with Crippen molar-refractivity contribution in [2.75, 3.05) is 0 Å². The summed E-state index contributed by atoms with van der Waals surface area (Å²) in [6.07, 6.45) is 1.37. The van der Waals surface area contributed by atoms with Crippen LogP contribution in [0, 0.1) is 10.1 Å². The summed E-state index contributed by atoms with van der Waals surface area (Å²) in [7, 11) is 0. The molecule has 0 spiro atoms. The van der Waals surface area contributed by atoms with E-state index in [1.807, 2.05) is 0 Å². The zero-order valence-corrected chi connectivity index (χ0v) is 7.45. The van der Waals surface area contributed by atoms with Gasteiger partial charge < -0.3 is 10.3 Å². The van der Waals surface area contributed by atoms with Crippen molar-refractivity contribution in [1.82, 2.24) is 0 Å². The predicted octanol–water partition coefficient (Wildman–Crippen LogP) is 0.609. The molecular weight excluding hydrogens is 196 g/mol. The molecule has 0 aromatic carbocycles. The second-order valence-electron chi connectivity index (χ2n) is 2.82. The van der Waals surface area contributed by atoms with Crippen LogP contribution in [0.3, 0.4) is 0 Å². The molecule has 1 aliphatic rings. The summed E-state index contributed by atoms with van der Waals surface area (Å²) in [5, 5.41) is 9.33. The standard InChI is InChI=1S/C6H9N2O4S/c7-5-2-1-4(8(9)10)3-6(5)13(11)12/h2,4,6-7H,1,3H2,(H,11,12)/q-1/p-1. The number of rotatable bonds is 2. The van der Waals surface area contributed by atoms with Crippen molar-refractivity contribution in [3.05, 3.63) is 27.6 Å². The fraction of sp³-hybridized carbons (Fsp3) is 0.667. The third-order valence-corrected chi connectivity index (χ3v) is 2.88. The molecule has 7 heteroatoms. The minimum atomic E-state index is -2.43. The molecule has 0 saturated heterocycles. The quantitative estimate of drug-likeness (QED) is 0.373. The van der Waals surface area contributed by atoms with Crippen molar-refractivity contribution in [2.45, 2.75) is 24.1 Å². The normalized spacial score (nSPS) is 30.7. The highest BCUT2D eigenvalue weighted by atomic mass is 32.2. The maximum Gasteiger partial charge on any atom is 0.217 e. The molecule has 0 radical (unpaired) electrons. The molecule has 1 N–H and O–H groups in total. The highest BCUT2D eigenvalue weighted by Gasteiger charge is 2.27. The highest BCUT2D eigenvalue weighted by Crippen LogP contribution is 2.24. The highest BCUT2D eigenvalue weighted by molar-refractivity contribution is 7.80. The van der Waals surface area contributed by atoms with Crippen LogP contribution >= 0.6 is 0 Å². The Balaban J connectivity index is 2.77. The Bertz CT molecular complexity index is 278. The third kappa shape index (κ3) is 2.25. The van der Waals surface area contributed by atoms with Crippen LogP contribution in [0.25, 0.3) is 5.73 Å². The number of hydrogen-bond donors (Lipinski definition) is 0. The molecule has 0 heterocycles. The molecule has 3 atom stereocenters. The van der Waals surface area contributed by atoms with E-state index in [2.05, 4.69) is 0 Å². The smallest absolute Gasteiger partial charge is 0.217 e. The Morgan fingerprint density at radius 1 is 1.69 bits per heavy atom. The van der Waals surface area contributed by atoms with E-state index in [4.69, 9.17) is 5.73 Å². The molecule has 0 aromatic heterocycles. The lowest BCUT2D eigenvalue weighted by Crippen LogP contribution is -2.31. The molecule has 13 heavy (non-hydrogen) atoms. The van der Waals surface area contributed by atoms with E-state index in [1.165, 1.54) is 6.08 Å². The molecular formula is C6H8N2O4S-2. The Labute approximate surface area is 77.2 Å². The van der Waals surface area contributed by atoms with Gasteiger partial charge in [-0.05, 0) is 11.1 Å². The van der Waals surface area contributed by atoms with Crippen molar-refractivity contribution in [2.24, 2.45) is 0 Å². The maximum absolute atomic E-state index is 10.5. The van der Waals surface area contributed by atoms with Crippen LogP contribution in [0.4, 0.5) is 0 Å². The summed E-state index contributed by atoms with van der Waals surface area (Å²) in [4.78, 5) is 9.85. The van der Waals surface area contributed by atoms with E-state index in [0.717, 1.165) is 0 Å². The van der Waals surface area contributed by atoms with Crippen molar-refractivity contribution in [3.63, 3.8) is 0 Å². The van der Waals surface area contributed by atoms with Crippen molar-refractivity contribution in [1.29, 1.82) is 0 Å². The van der Waals surface area contributed by atoms with E-state index in [9.17, 15) is 18.9 Å². The second kappa shape index (κ2) is 3.84. The van der Waals surface area contributed by atoms with Crippen LogP contribution in [0.1, 0.15) is 12.8 Å². The molecule has 0 aliphatic heterocycles. The van der Waals surface area contributed by atoms with Crippen LogP contribution in [0.2, 0.25) is 0 Å². The Morgan fingerprint density at radius 2 is 2.31 bits per heavy atom. The first-order valence-corrected chi connectivity index (χ1v) is 4.79. The summed E-state index contributed by atoms with van der Waals surface area (Å²) in [6.45, 7) is 0. The lowest BCUT2D eigenvalue weighted by Gasteiger charge is -2.30. The fourth-order valence-corrected chi connectivity index (χ4v) is 1.90. The van der Waals surface area contributed by atoms with Gasteiger partial charge in [-0.25, -0.2) is 0 Å². The van der Waals surface area contributed by atoms with Crippen LogP contribution < -0.4 is 0 Å². The molecule has 3 unspecified atom stereocenters. The van der Waals surface area contributed by atoms with Gasteiger partial charge in [0.05, 0.1) is 0 Å². The summed E-state index contributed by atoms with van der Waals surface area (Å²) >= 11 is -2.43. The van der Waals surface area contributed by atoms with Gasteiger partial charge in [0, 0.05) is 23.0 Å². The zero-order chi connectivity index (χ0) is 10.0. The summed E-state index contributed by atoms with van der Waals surface area (Å²) in [6, 6.07) is -0.864. The van der Waals surface area contributed by atoms with E-state index in [0.29, 0.717) is 0 Å². The number of nitrogens with zero attached hydrogens (tertiary/aromatic N) is 1. The average molecular weight is 204 g/mol. The zero-order valence-electron chi connectivity index (χ0n) is 6.63. The Kier molecular flexibility index (Phi) is 2.99. The molecule has 0 saturated carbocycles.